The molecule has 1 aliphatic carbocycles. The summed E-state index contributed by atoms with van der Waals surface area (Å²) in [5.74, 6) is 0.785. The molecule has 3 fully saturated rings. The van der Waals surface area contributed by atoms with Gasteiger partial charge >= 0.3 is 7.12 Å². The van der Waals surface area contributed by atoms with Gasteiger partial charge in [-0.15, -0.1) is 0 Å². The van der Waals surface area contributed by atoms with Crippen molar-refractivity contribution in [2.75, 3.05) is 13.2 Å². The molecule has 108 valence electrons. The Hall–Kier alpha value is -0.0551. The van der Waals surface area contributed by atoms with Crippen LogP contribution in [-0.2, 0) is 14.0 Å². The van der Waals surface area contributed by atoms with Gasteiger partial charge in [-0.3, -0.25) is 0 Å². The van der Waals surface area contributed by atoms with Crippen molar-refractivity contribution in [2.24, 2.45) is 11.3 Å². The molecule has 0 aromatic heterocycles. The molecule has 2 heterocycles. The summed E-state index contributed by atoms with van der Waals surface area (Å²) < 4.78 is 17.7. The predicted octanol–water partition coefficient (Wildman–Crippen LogP) is 3.29. The molecular formula is C15H27BO3. The molecule has 1 spiro atoms. The summed E-state index contributed by atoms with van der Waals surface area (Å²) in [7, 11) is -0.00723. The highest BCUT2D eigenvalue weighted by molar-refractivity contribution is 6.45. The summed E-state index contributed by atoms with van der Waals surface area (Å²) in [5, 5.41) is 0. The molecule has 3 rings (SSSR count). The number of ether oxygens (including phenoxy) is 1. The minimum Gasteiger partial charge on any atom is -0.403 e. The van der Waals surface area contributed by atoms with Gasteiger partial charge in [-0.05, 0) is 71.0 Å². The van der Waals surface area contributed by atoms with Crippen molar-refractivity contribution in [1.82, 2.24) is 0 Å². The van der Waals surface area contributed by atoms with Crippen LogP contribution in [0, 0.1) is 11.3 Å². The van der Waals surface area contributed by atoms with Crippen LogP contribution in [0.2, 0.25) is 6.32 Å². The van der Waals surface area contributed by atoms with Crippen LogP contribution in [-0.4, -0.2) is 31.5 Å². The van der Waals surface area contributed by atoms with Gasteiger partial charge in [0, 0.05) is 13.2 Å². The maximum absolute atomic E-state index is 6.10. The van der Waals surface area contributed by atoms with E-state index in [0.29, 0.717) is 5.41 Å². The molecule has 19 heavy (non-hydrogen) atoms. The van der Waals surface area contributed by atoms with Gasteiger partial charge in [-0.1, -0.05) is 0 Å². The zero-order valence-electron chi connectivity index (χ0n) is 12.8. The van der Waals surface area contributed by atoms with Crippen molar-refractivity contribution in [3.63, 3.8) is 0 Å². The zero-order valence-corrected chi connectivity index (χ0v) is 12.8. The van der Waals surface area contributed by atoms with E-state index in [2.05, 4.69) is 27.7 Å². The zero-order chi connectivity index (χ0) is 13.7. The normalized spacial score (nSPS) is 32.5. The van der Waals surface area contributed by atoms with Crippen molar-refractivity contribution in [3.05, 3.63) is 0 Å². The third-order valence-corrected chi connectivity index (χ3v) is 5.82. The maximum atomic E-state index is 6.10. The second-order valence-electron chi connectivity index (χ2n) is 7.81. The van der Waals surface area contributed by atoms with Gasteiger partial charge in [0.2, 0.25) is 0 Å². The summed E-state index contributed by atoms with van der Waals surface area (Å²) in [6.45, 7) is 10.5. The molecule has 3 aliphatic rings. The third kappa shape index (κ3) is 2.47. The average Bonchev–Trinajstić information content (AvgIpc) is 2.46. The molecule has 1 saturated carbocycles. The predicted molar refractivity (Wildman–Crippen MR) is 76.1 cm³/mol. The summed E-state index contributed by atoms with van der Waals surface area (Å²) in [6, 6.07) is 0. The average molecular weight is 266 g/mol. The van der Waals surface area contributed by atoms with E-state index >= 15 is 0 Å². The van der Waals surface area contributed by atoms with Crippen molar-refractivity contribution in [1.29, 1.82) is 0 Å². The van der Waals surface area contributed by atoms with Crippen LogP contribution in [0.4, 0.5) is 0 Å². The lowest BCUT2D eigenvalue weighted by atomic mass is 9.54. The van der Waals surface area contributed by atoms with Gasteiger partial charge in [-0.25, -0.2) is 0 Å². The first-order valence-corrected chi connectivity index (χ1v) is 7.75. The molecule has 2 saturated heterocycles. The number of rotatable bonds is 2. The fraction of sp³-hybridized carbons (Fsp3) is 1.00. The molecule has 4 heteroatoms. The van der Waals surface area contributed by atoms with Crippen molar-refractivity contribution < 1.29 is 14.0 Å². The van der Waals surface area contributed by atoms with Crippen molar-refractivity contribution >= 4 is 7.12 Å². The first kappa shape index (κ1) is 13.9. The highest BCUT2D eigenvalue weighted by Gasteiger charge is 2.53. The Morgan fingerprint density at radius 1 is 0.947 bits per heavy atom. The van der Waals surface area contributed by atoms with Crippen LogP contribution in [0.5, 0.6) is 0 Å². The molecule has 0 atom stereocenters. The molecule has 2 aliphatic heterocycles. The summed E-state index contributed by atoms with van der Waals surface area (Å²) >= 11 is 0. The molecule has 0 bridgehead atoms. The highest BCUT2D eigenvalue weighted by Crippen LogP contribution is 2.54. The van der Waals surface area contributed by atoms with Crippen LogP contribution in [0.3, 0.4) is 0 Å². The third-order valence-electron chi connectivity index (χ3n) is 5.82. The molecule has 0 aromatic carbocycles. The van der Waals surface area contributed by atoms with Gasteiger partial charge in [0.15, 0.2) is 0 Å². The van der Waals surface area contributed by atoms with E-state index in [-0.39, 0.29) is 18.3 Å². The summed E-state index contributed by atoms with van der Waals surface area (Å²) in [4.78, 5) is 0. The maximum Gasteiger partial charge on any atom is 0.458 e. The SMILES string of the molecule is CC1(C)OB(CC2CC3(CCOCC3)C2)OC1(C)C. The molecular weight excluding hydrogens is 239 g/mol. The van der Waals surface area contributed by atoms with Gasteiger partial charge in [-0.2, -0.15) is 0 Å². The largest absolute Gasteiger partial charge is 0.458 e. The highest BCUT2D eigenvalue weighted by atomic mass is 16.7. The van der Waals surface area contributed by atoms with E-state index in [1.54, 1.807) is 0 Å². The smallest absolute Gasteiger partial charge is 0.403 e. The Balaban J connectivity index is 1.50. The van der Waals surface area contributed by atoms with Gasteiger partial charge < -0.3 is 14.0 Å². The lowest BCUT2D eigenvalue weighted by molar-refractivity contribution is -0.0552. The van der Waals surface area contributed by atoms with Crippen LogP contribution in [0.25, 0.3) is 0 Å². The minimum absolute atomic E-state index is 0.00723. The first-order valence-electron chi connectivity index (χ1n) is 7.75. The van der Waals surface area contributed by atoms with E-state index in [0.717, 1.165) is 25.5 Å². The van der Waals surface area contributed by atoms with E-state index in [4.69, 9.17) is 14.0 Å². The summed E-state index contributed by atoms with van der Waals surface area (Å²) in [6.07, 6.45) is 6.27. The van der Waals surface area contributed by atoms with Gasteiger partial charge in [0.25, 0.3) is 0 Å². The van der Waals surface area contributed by atoms with Gasteiger partial charge in [0.05, 0.1) is 11.2 Å². The quantitative estimate of drug-likeness (QED) is 0.718. The molecule has 0 N–H and O–H groups in total. The van der Waals surface area contributed by atoms with Crippen LogP contribution >= 0.6 is 0 Å². The number of hydrogen-bond acceptors (Lipinski definition) is 3. The minimum atomic E-state index is -0.183. The fourth-order valence-corrected chi connectivity index (χ4v) is 3.88. The molecule has 3 nitrogen and oxygen atoms in total. The Labute approximate surface area is 117 Å². The van der Waals surface area contributed by atoms with Crippen molar-refractivity contribution in [2.45, 2.75) is 70.9 Å². The second-order valence-corrected chi connectivity index (χ2v) is 7.81. The Kier molecular flexibility index (Phi) is 3.27. The molecule has 0 unspecified atom stereocenters. The molecule has 0 amide bonds. The molecule has 0 aromatic rings. The van der Waals surface area contributed by atoms with E-state index in [1.165, 1.54) is 25.7 Å². The van der Waals surface area contributed by atoms with Gasteiger partial charge in [0.1, 0.15) is 0 Å². The van der Waals surface area contributed by atoms with E-state index in [9.17, 15) is 0 Å². The number of hydrogen-bond donors (Lipinski definition) is 0. The lowest BCUT2D eigenvalue weighted by Crippen LogP contribution is -2.43. The van der Waals surface area contributed by atoms with E-state index in [1.807, 2.05) is 0 Å². The van der Waals surface area contributed by atoms with Crippen molar-refractivity contribution in [3.8, 4) is 0 Å². The molecule has 0 radical (unpaired) electrons. The lowest BCUT2D eigenvalue weighted by Gasteiger charge is -2.50. The van der Waals surface area contributed by atoms with Crippen LogP contribution in [0.15, 0.2) is 0 Å². The topological polar surface area (TPSA) is 27.7 Å². The Morgan fingerprint density at radius 3 is 2.00 bits per heavy atom. The fourth-order valence-electron chi connectivity index (χ4n) is 3.88. The second kappa shape index (κ2) is 4.47. The standard InChI is InChI=1S/C15H27BO3/c1-13(2)14(3,4)19-16(18-13)11-12-9-15(10-12)5-7-17-8-6-15/h12H,5-11H2,1-4H3. The summed E-state index contributed by atoms with van der Waals surface area (Å²) in [5.41, 5.74) is 0.238. The Bertz CT molecular complexity index is 323. The van der Waals surface area contributed by atoms with Crippen LogP contribution < -0.4 is 0 Å². The Morgan fingerprint density at radius 2 is 1.47 bits per heavy atom. The van der Waals surface area contributed by atoms with Crippen LogP contribution in [0.1, 0.15) is 53.4 Å². The monoisotopic (exact) mass is 266 g/mol. The van der Waals surface area contributed by atoms with E-state index < -0.39 is 0 Å². The first-order chi connectivity index (χ1) is 8.82.